The van der Waals surface area contributed by atoms with Crippen LogP contribution in [0.25, 0.3) is 0 Å². The second-order valence-electron chi connectivity index (χ2n) is 9.01. The fraction of sp³-hybridized carbons (Fsp3) is 0.708. The van der Waals surface area contributed by atoms with E-state index in [-0.39, 0.29) is 11.5 Å². The van der Waals surface area contributed by atoms with E-state index in [4.69, 9.17) is 9.47 Å². The fourth-order valence-corrected chi connectivity index (χ4v) is 5.35. The highest BCUT2D eigenvalue weighted by Gasteiger charge is 2.42. The van der Waals surface area contributed by atoms with Gasteiger partial charge in [0.05, 0.1) is 12.7 Å². The molecule has 0 bridgehead atoms. The van der Waals surface area contributed by atoms with Crippen molar-refractivity contribution in [2.45, 2.75) is 69.4 Å². The average molecular weight is 401 g/mol. The first-order chi connectivity index (χ1) is 14.2. The predicted molar refractivity (Wildman–Crippen MR) is 114 cm³/mol. The molecule has 3 heterocycles. The second-order valence-corrected chi connectivity index (χ2v) is 9.01. The molecule has 1 spiro atoms. The number of rotatable bonds is 5. The Morgan fingerprint density at radius 1 is 1.17 bits per heavy atom. The molecule has 0 aromatic heterocycles. The van der Waals surface area contributed by atoms with Crippen LogP contribution in [0.15, 0.2) is 24.3 Å². The monoisotopic (exact) mass is 400 g/mol. The van der Waals surface area contributed by atoms with Crippen LogP contribution < -0.4 is 4.74 Å². The molecule has 4 rings (SSSR count). The molecule has 29 heavy (non-hydrogen) atoms. The zero-order valence-corrected chi connectivity index (χ0v) is 17.9. The molecule has 3 fully saturated rings. The number of methoxy groups -OCH3 is 1. The lowest BCUT2D eigenvalue weighted by atomic mass is 9.81. The lowest BCUT2D eigenvalue weighted by Gasteiger charge is -2.49. The number of benzene rings is 1. The summed E-state index contributed by atoms with van der Waals surface area (Å²) in [6.07, 6.45) is 9.72. The molecule has 160 valence electrons. The SMILES string of the molecule is COc1cccc(CCC(=O)N2CCC3(CC2)CC(N2CCCCC2)CCO3)c1. The fourth-order valence-electron chi connectivity index (χ4n) is 5.35. The maximum Gasteiger partial charge on any atom is 0.222 e. The summed E-state index contributed by atoms with van der Waals surface area (Å²) in [5, 5.41) is 0. The summed E-state index contributed by atoms with van der Waals surface area (Å²) in [5.74, 6) is 1.12. The summed E-state index contributed by atoms with van der Waals surface area (Å²) in [6.45, 7) is 5.07. The Bertz CT molecular complexity index is 678. The number of hydrogen-bond acceptors (Lipinski definition) is 4. The molecule has 1 atom stereocenters. The van der Waals surface area contributed by atoms with Crippen LogP contribution in [0, 0.1) is 0 Å². The van der Waals surface area contributed by atoms with Crippen LogP contribution in [0.4, 0.5) is 0 Å². The number of carbonyl (C=O) groups excluding carboxylic acids is 1. The standard InChI is InChI=1S/C24H36N2O3/c1-28-22-7-5-6-20(18-22)8-9-23(27)26-15-11-24(12-16-26)19-21(10-17-29-24)25-13-3-2-4-14-25/h5-7,18,21H,2-4,8-17,19H2,1H3. The van der Waals surface area contributed by atoms with E-state index in [1.807, 2.05) is 18.2 Å². The van der Waals surface area contributed by atoms with Gasteiger partial charge in [0.25, 0.3) is 0 Å². The van der Waals surface area contributed by atoms with Crippen molar-refractivity contribution in [3.63, 3.8) is 0 Å². The molecule has 0 radical (unpaired) electrons. The smallest absolute Gasteiger partial charge is 0.222 e. The maximum atomic E-state index is 12.8. The van der Waals surface area contributed by atoms with Crippen molar-refractivity contribution in [2.75, 3.05) is 39.9 Å². The van der Waals surface area contributed by atoms with Crippen molar-refractivity contribution in [2.24, 2.45) is 0 Å². The van der Waals surface area contributed by atoms with Gasteiger partial charge >= 0.3 is 0 Å². The van der Waals surface area contributed by atoms with E-state index in [0.29, 0.717) is 12.5 Å². The third-order valence-corrected chi connectivity index (χ3v) is 7.16. The third-order valence-electron chi connectivity index (χ3n) is 7.16. The summed E-state index contributed by atoms with van der Waals surface area (Å²) >= 11 is 0. The lowest BCUT2D eigenvalue weighted by molar-refractivity contribution is -0.149. The molecule has 3 aliphatic heterocycles. The van der Waals surface area contributed by atoms with Gasteiger partial charge in [0.1, 0.15) is 5.75 Å². The van der Waals surface area contributed by atoms with Crippen molar-refractivity contribution < 1.29 is 14.3 Å². The number of piperidine rings is 2. The number of nitrogens with zero attached hydrogens (tertiary/aromatic N) is 2. The molecule has 0 aliphatic carbocycles. The molecular weight excluding hydrogens is 364 g/mol. The molecule has 5 heteroatoms. The number of aryl methyl sites for hydroxylation is 1. The molecule has 3 saturated heterocycles. The van der Waals surface area contributed by atoms with Crippen molar-refractivity contribution in [3.8, 4) is 5.75 Å². The van der Waals surface area contributed by atoms with Crippen LogP contribution in [0.5, 0.6) is 5.75 Å². The highest BCUT2D eigenvalue weighted by molar-refractivity contribution is 5.76. The Balaban J connectivity index is 1.26. The van der Waals surface area contributed by atoms with Crippen molar-refractivity contribution >= 4 is 5.91 Å². The van der Waals surface area contributed by atoms with Crippen LogP contribution in [0.3, 0.4) is 0 Å². The summed E-state index contributed by atoms with van der Waals surface area (Å²) in [5.41, 5.74) is 1.16. The van der Waals surface area contributed by atoms with Gasteiger partial charge < -0.3 is 19.3 Å². The zero-order valence-electron chi connectivity index (χ0n) is 17.9. The van der Waals surface area contributed by atoms with Gasteiger partial charge in [-0.2, -0.15) is 0 Å². The Morgan fingerprint density at radius 3 is 2.72 bits per heavy atom. The molecule has 0 saturated carbocycles. The van der Waals surface area contributed by atoms with E-state index < -0.39 is 0 Å². The van der Waals surface area contributed by atoms with Crippen LogP contribution in [-0.2, 0) is 16.0 Å². The van der Waals surface area contributed by atoms with E-state index in [0.717, 1.165) is 56.7 Å². The van der Waals surface area contributed by atoms with Crippen LogP contribution in [-0.4, -0.2) is 67.2 Å². The second kappa shape index (κ2) is 9.48. The molecule has 1 unspecified atom stereocenters. The maximum absolute atomic E-state index is 12.8. The first-order valence-electron chi connectivity index (χ1n) is 11.5. The van der Waals surface area contributed by atoms with Gasteiger partial charge in [0.2, 0.25) is 5.91 Å². The highest BCUT2D eigenvalue weighted by atomic mass is 16.5. The summed E-state index contributed by atoms with van der Waals surface area (Å²) < 4.78 is 11.6. The van der Waals surface area contributed by atoms with E-state index in [1.165, 1.54) is 38.8 Å². The van der Waals surface area contributed by atoms with Gasteiger partial charge in [0.15, 0.2) is 0 Å². The number of amides is 1. The van der Waals surface area contributed by atoms with Gasteiger partial charge in [0, 0.05) is 32.2 Å². The molecule has 1 aromatic carbocycles. The minimum absolute atomic E-state index is 0.00391. The van der Waals surface area contributed by atoms with Gasteiger partial charge in [-0.1, -0.05) is 18.6 Å². The number of carbonyl (C=O) groups is 1. The third kappa shape index (κ3) is 5.13. The van der Waals surface area contributed by atoms with Gasteiger partial charge in [-0.15, -0.1) is 0 Å². The molecule has 1 amide bonds. The topological polar surface area (TPSA) is 42.0 Å². The summed E-state index contributed by atoms with van der Waals surface area (Å²) in [7, 11) is 1.68. The van der Waals surface area contributed by atoms with Crippen LogP contribution in [0.2, 0.25) is 0 Å². The minimum atomic E-state index is 0.00391. The van der Waals surface area contributed by atoms with E-state index in [2.05, 4.69) is 15.9 Å². The van der Waals surface area contributed by atoms with Crippen LogP contribution in [0.1, 0.15) is 56.9 Å². The Morgan fingerprint density at radius 2 is 1.97 bits per heavy atom. The summed E-state index contributed by atoms with van der Waals surface area (Å²) in [6, 6.07) is 8.70. The van der Waals surface area contributed by atoms with Crippen molar-refractivity contribution in [1.29, 1.82) is 0 Å². The van der Waals surface area contributed by atoms with Crippen molar-refractivity contribution in [1.82, 2.24) is 9.80 Å². The molecule has 1 aromatic rings. The van der Waals surface area contributed by atoms with E-state index in [1.54, 1.807) is 7.11 Å². The quantitative estimate of drug-likeness (QED) is 0.757. The average Bonchev–Trinajstić information content (AvgIpc) is 2.79. The Hall–Kier alpha value is -1.59. The Kier molecular flexibility index (Phi) is 6.76. The molecular formula is C24H36N2O3. The predicted octanol–water partition coefficient (Wildman–Crippen LogP) is 3.65. The van der Waals surface area contributed by atoms with E-state index >= 15 is 0 Å². The Labute approximate surface area is 175 Å². The van der Waals surface area contributed by atoms with Gasteiger partial charge in [-0.3, -0.25) is 4.79 Å². The van der Waals surface area contributed by atoms with Crippen LogP contribution >= 0.6 is 0 Å². The van der Waals surface area contributed by atoms with Crippen molar-refractivity contribution in [3.05, 3.63) is 29.8 Å². The molecule has 5 nitrogen and oxygen atoms in total. The number of likely N-dealkylation sites (tertiary alicyclic amines) is 2. The van der Waals surface area contributed by atoms with Gasteiger partial charge in [-0.05, 0) is 75.7 Å². The first kappa shape index (κ1) is 20.7. The normalized spacial score (nSPS) is 25.1. The molecule has 0 N–H and O–H groups in total. The van der Waals surface area contributed by atoms with Gasteiger partial charge in [-0.25, -0.2) is 0 Å². The minimum Gasteiger partial charge on any atom is -0.497 e. The molecule has 3 aliphatic rings. The highest BCUT2D eigenvalue weighted by Crippen LogP contribution is 2.37. The summed E-state index contributed by atoms with van der Waals surface area (Å²) in [4.78, 5) is 17.5. The van der Waals surface area contributed by atoms with E-state index in [9.17, 15) is 4.79 Å². The largest absolute Gasteiger partial charge is 0.497 e. The number of hydrogen-bond donors (Lipinski definition) is 0. The zero-order chi connectivity index (χ0) is 20.1. The number of ether oxygens (including phenoxy) is 2. The first-order valence-corrected chi connectivity index (χ1v) is 11.5. The lowest BCUT2D eigenvalue weighted by Crippen LogP contribution is -2.55.